The summed E-state index contributed by atoms with van der Waals surface area (Å²) in [6.45, 7) is 6.33. The van der Waals surface area contributed by atoms with Gasteiger partial charge in [-0.1, -0.05) is 47.7 Å². The monoisotopic (exact) mass is 502 g/mol. The molecule has 1 aromatic heterocycles. The minimum Gasteiger partial charge on any atom is -0.497 e. The molecule has 0 spiro atoms. The molecule has 0 aliphatic carbocycles. The second kappa shape index (κ2) is 9.57. The highest BCUT2D eigenvalue weighted by molar-refractivity contribution is 8.23. The topological polar surface area (TPSA) is 54.6 Å². The molecule has 0 bridgehead atoms. The Morgan fingerprint density at radius 2 is 1.97 bits per heavy atom. The van der Waals surface area contributed by atoms with Gasteiger partial charge < -0.3 is 19.4 Å². The Morgan fingerprint density at radius 3 is 2.64 bits per heavy atom. The quantitative estimate of drug-likeness (QED) is 0.342. The first-order valence-corrected chi connectivity index (χ1v) is 12.5. The molecule has 1 aliphatic heterocycles. The number of methoxy groups -OCH3 is 1. The summed E-state index contributed by atoms with van der Waals surface area (Å²) < 4.78 is 11.5. The number of esters is 1. The van der Waals surface area contributed by atoms with E-state index in [1.165, 1.54) is 17.3 Å². The van der Waals surface area contributed by atoms with Crippen LogP contribution in [0.3, 0.4) is 0 Å². The zero-order valence-corrected chi connectivity index (χ0v) is 21.5. The van der Waals surface area contributed by atoms with Gasteiger partial charge in [0, 0.05) is 28.2 Å². The van der Waals surface area contributed by atoms with Crippen molar-refractivity contribution in [3.8, 4) is 5.75 Å². The number of benzene rings is 2. The minimum absolute atomic E-state index is 0.107. The van der Waals surface area contributed by atoms with Gasteiger partial charge in [-0.3, -0.25) is 4.79 Å². The Hall–Kier alpha value is -2.22. The van der Waals surface area contributed by atoms with Gasteiger partial charge in [-0.15, -0.1) is 0 Å². The molecule has 0 saturated heterocycles. The molecule has 33 heavy (non-hydrogen) atoms. The van der Waals surface area contributed by atoms with Crippen LogP contribution >= 0.6 is 35.6 Å². The first kappa shape index (κ1) is 23.9. The second-order valence-corrected chi connectivity index (χ2v) is 11.0. The van der Waals surface area contributed by atoms with Gasteiger partial charge in [0.1, 0.15) is 15.7 Å². The molecule has 1 unspecified atom stereocenters. The molecule has 4 rings (SSSR count). The van der Waals surface area contributed by atoms with Crippen molar-refractivity contribution in [1.29, 1.82) is 0 Å². The number of fused-ring (bicyclic) bond motifs is 3. The average Bonchev–Trinajstić information content (AvgIpc) is 3.13. The molecule has 2 heterocycles. The highest BCUT2D eigenvalue weighted by atomic mass is 35.5. The van der Waals surface area contributed by atoms with Gasteiger partial charge in [0.25, 0.3) is 0 Å². The lowest BCUT2D eigenvalue weighted by atomic mass is 9.93. The van der Waals surface area contributed by atoms with Crippen LogP contribution in [0, 0.1) is 0 Å². The maximum absolute atomic E-state index is 12.3. The molecule has 0 amide bonds. The Kier molecular flexibility index (Phi) is 6.93. The van der Waals surface area contributed by atoms with Crippen molar-refractivity contribution < 1.29 is 14.3 Å². The number of hydrogen-bond acceptors (Lipinski definition) is 5. The fourth-order valence-electron chi connectivity index (χ4n) is 4.16. The number of nitrogens with one attached hydrogen (secondary N) is 1. The first-order chi connectivity index (χ1) is 15.7. The summed E-state index contributed by atoms with van der Waals surface area (Å²) in [5.74, 6) is 0.706. The zero-order chi connectivity index (χ0) is 23.8. The number of thioether (sulfide) groups is 1. The van der Waals surface area contributed by atoms with E-state index in [4.69, 9.17) is 33.3 Å². The number of H-pyrrole nitrogens is 1. The van der Waals surface area contributed by atoms with Crippen molar-refractivity contribution in [1.82, 2.24) is 9.88 Å². The average molecular weight is 503 g/mol. The maximum Gasteiger partial charge on any atom is 0.316 e. The number of halogens is 1. The Labute approximate surface area is 208 Å². The van der Waals surface area contributed by atoms with Gasteiger partial charge in [0.05, 0.1) is 18.9 Å². The number of hydrogen-bond donors (Lipinski definition) is 1. The molecule has 2 aromatic carbocycles. The van der Waals surface area contributed by atoms with Gasteiger partial charge in [-0.25, -0.2) is 0 Å². The maximum atomic E-state index is 12.3. The largest absolute Gasteiger partial charge is 0.497 e. The van der Waals surface area contributed by atoms with Crippen molar-refractivity contribution >= 4 is 56.8 Å². The van der Waals surface area contributed by atoms with Gasteiger partial charge in [0.2, 0.25) is 0 Å². The van der Waals surface area contributed by atoms with Crippen LogP contribution in [0.2, 0.25) is 5.02 Å². The summed E-state index contributed by atoms with van der Waals surface area (Å²) in [6.07, 6.45) is 0.829. The predicted octanol–water partition coefficient (Wildman–Crippen LogP) is 6.14. The van der Waals surface area contributed by atoms with Crippen LogP contribution in [-0.2, 0) is 16.0 Å². The fraction of sp³-hybridized carbons (Fsp3) is 0.360. The number of thiocarbonyl (C=S) groups is 1. The van der Waals surface area contributed by atoms with E-state index in [-0.39, 0.29) is 17.8 Å². The third-order valence-electron chi connectivity index (χ3n) is 5.49. The zero-order valence-electron chi connectivity index (χ0n) is 19.1. The number of ether oxygens (including phenoxy) is 2. The van der Waals surface area contributed by atoms with Gasteiger partial charge >= 0.3 is 5.97 Å². The van der Waals surface area contributed by atoms with Crippen molar-refractivity contribution in [2.75, 3.05) is 19.4 Å². The van der Waals surface area contributed by atoms with E-state index < -0.39 is 5.60 Å². The second-order valence-electron chi connectivity index (χ2n) is 8.97. The standard InChI is InChI=1S/C25H27ClN2O3S2/c1-25(2,3)31-21(29)14-33-24(32)28-12-11-18-19-13-16(26)7-10-20(19)27-22(18)23(28)15-5-8-17(30-4)9-6-15/h5-10,13,23,27H,11-12,14H2,1-4H3. The molecular formula is C25H27ClN2O3S2. The number of carbonyl (C=O) groups is 1. The highest BCUT2D eigenvalue weighted by Crippen LogP contribution is 2.40. The SMILES string of the molecule is COc1ccc(C2c3[nH]c4ccc(Cl)cc4c3CCN2C(=S)SCC(=O)OC(C)(C)C)cc1. The van der Waals surface area contributed by atoms with Crippen molar-refractivity contribution in [2.24, 2.45) is 0 Å². The summed E-state index contributed by atoms with van der Waals surface area (Å²) in [7, 11) is 1.66. The van der Waals surface area contributed by atoms with E-state index in [2.05, 4.69) is 22.0 Å². The summed E-state index contributed by atoms with van der Waals surface area (Å²) >= 11 is 13.5. The highest BCUT2D eigenvalue weighted by Gasteiger charge is 2.33. The molecule has 3 aromatic rings. The van der Waals surface area contributed by atoms with Gasteiger partial charge in [-0.05, 0) is 68.7 Å². The fourth-order valence-corrected chi connectivity index (χ4v) is 5.37. The van der Waals surface area contributed by atoms with Gasteiger partial charge in [0.15, 0.2) is 0 Å². The molecule has 1 aliphatic rings. The molecule has 1 atom stereocenters. The summed E-state index contributed by atoms with van der Waals surface area (Å²) in [5.41, 5.74) is 3.98. The van der Waals surface area contributed by atoms with Crippen LogP contribution in [0.1, 0.15) is 43.6 Å². The molecular weight excluding hydrogens is 476 g/mol. The van der Waals surface area contributed by atoms with Crippen LogP contribution < -0.4 is 4.74 Å². The van der Waals surface area contributed by atoms with E-state index in [1.807, 2.05) is 51.1 Å². The van der Waals surface area contributed by atoms with E-state index >= 15 is 0 Å². The van der Waals surface area contributed by atoms with Crippen LogP contribution in [0.15, 0.2) is 42.5 Å². The van der Waals surface area contributed by atoms with Crippen molar-refractivity contribution in [3.63, 3.8) is 0 Å². The van der Waals surface area contributed by atoms with Crippen LogP contribution in [-0.4, -0.2) is 45.2 Å². The molecule has 5 nitrogen and oxygen atoms in total. The van der Waals surface area contributed by atoms with Gasteiger partial charge in [-0.2, -0.15) is 0 Å². The lowest BCUT2D eigenvalue weighted by molar-refractivity contribution is -0.151. The summed E-state index contributed by atoms with van der Waals surface area (Å²) in [5, 5.41) is 1.86. The Balaban J connectivity index is 1.67. The van der Waals surface area contributed by atoms with E-state index in [1.54, 1.807) is 7.11 Å². The van der Waals surface area contributed by atoms with Crippen molar-refractivity contribution in [3.05, 3.63) is 64.3 Å². The van der Waals surface area contributed by atoms with E-state index in [0.717, 1.165) is 45.9 Å². The number of carbonyl (C=O) groups excluding carboxylic acids is 1. The minimum atomic E-state index is -0.517. The molecule has 0 radical (unpaired) electrons. The lowest BCUT2D eigenvalue weighted by Gasteiger charge is -2.37. The lowest BCUT2D eigenvalue weighted by Crippen LogP contribution is -2.39. The molecule has 1 N–H and O–H groups in total. The van der Waals surface area contributed by atoms with E-state index in [0.29, 0.717) is 4.32 Å². The van der Waals surface area contributed by atoms with Crippen LogP contribution in [0.4, 0.5) is 0 Å². The normalized spacial score (nSPS) is 15.9. The molecule has 0 saturated carbocycles. The van der Waals surface area contributed by atoms with Crippen molar-refractivity contribution in [2.45, 2.75) is 38.8 Å². The third-order valence-corrected chi connectivity index (χ3v) is 7.17. The number of rotatable bonds is 4. The number of nitrogens with zero attached hydrogens (tertiary/aromatic N) is 1. The molecule has 8 heteroatoms. The Bertz CT molecular complexity index is 1180. The Morgan fingerprint density at radius 1 is 1.24 bits per heavy atom. The summed E-state index contributed by atoms with van der Waals surface area (Å²) in [4.78, 5) is 18.1. The van der Waals surface area contributed by atoms with Crippen LogP contribution in [0.5, 0.6) is 5.75 Å². The van der Waals surface area contributed by atoms with Crippen LogP contribution in [0.25, 0.3) is 10.9 Å². The molecule has 174 valence electrons. The smallest absolute Gasteiger partial charge is 0.316 e. The third kappa shape index (κ3) is 5.31. The number of aromatic nitrogens is 1. The predicted molar refractivity (Wildman–Crippen MR) is 139 cm³/mol. The molecule has 0 fully saturated rings. The number of aromatic amines is 1. The summed E-state index contributed by atoms with van der Waals surface area (Å²) in [6, 6.07) is 13.9. The van der Waals surface area contributed by atoms with E-state index in [9.17, 15) is 4.79 Å². The first-order valence-electron chi connectivity index (χ1n) is 10.8.